The molecule has 0 bridgehead atoms. The second-order valence-electron chi connectivity index (χ2n) is 3.15. The molecule has 148 valence electrons. The first-order valence-corrected chi connectivity index (χ1v) is 4.81. The third kappa shape index (κ3) is 49.8. The topological polar surface area (TPSA) is 331 Å². The van der Waals surface area contributed by atoms with Gasteiger partial charge in [0.1, 0.15) is 0 Å². The zero-order valence-corrected chi connectivity index (χ0v) is 15.4. The molecule has 0 saturated heterocycles. The molecular weight excluding hydrogens is 579 g/mol. The van der Waals surface area contributed by atoms with Gasteiger partial charge >= 0.3 is 44.1 Å². The first-order chi connectivity index (χ1) is 11.0. The molecule has 0 aliphatic rings. The average Bonchev–Trinajstić information content (AvgIpc) is 2.22. The Bertz CT molecular complexity index is 436. The largest absolute Gasteiger partial charge is 3.00 e. The van der Waals surface area contributed by atoms with Crippen LogP contribution in [-0.2, 0) is 14.4 Å². The number of aliphatic carboxylic acids is 3. The number of hydrogen-bond acceptors (Lipinski definition) is 13. The molecule has 0 aliphatic heterocycles. The smallest absolute Gasteiger partial charge is 0.481 e. The van der Waals surface area contributed by atoms with Crippen molar-refractivity contribution in [3.63, 3.8) is 0 Å². The summed E-state index contributed by atoms with van der Waals surface area (Å²) in [6, 6.07) is 0. The summed E-state index contributed by atoms with van der Waals surface area (Å²) in [5, 5.41) is 78.1. The van der Waals surface area contributed by atoms with Crippen molar-refractivity contribution in [1.82, 2.24) is 0 Å². The number of carbonyl (C=O) groups is 3. The zero-order valence-electron chi connectivity index (χ0n) is 11.9. The number of aliphatic hydroxyl groups is 1. The van der Waals surface area contributed by atoms with Gasteiger partial charge in [-0.25, -0.2) is 4.79 Å². The third-order valence-corrected chi connectivity index (χ3v) is 1.29. The molecule has 0 spiro atoms. The molecule has 20 heteroatoms. The predicted molar refractivity (Wildman–Crippen MR) is 73.9 cm³/mol. The molecule has 0 unspecified atom stereocenters. The van der Waals surface area contributed by atoms with E-state index < -0.39 is 51.6 Å². The van der Waals surface area contributed by atoms with Crippen LogP contribution in [-0.4, -0.2) is 85.4 Å². The van der Waals surface area contributed by atoms with Gasteiger partial charge in [-0.05, 0) is 0 Å². The molecule has 0 amide bonds. The second-order valence-corrected chi connectivity index (χ2v) is 3.15. The van der Waals surface area contributed by atoms with Gasteiger partial charge in [0.2, 0.25) is 0 Å². The van der Waals surface area contributed by atoms with Crippen molar-refractivity contribution in [3.8, 4) is 0 Å². The summed E-state index contributed by atoms with van der Waals surface area (Å²) >= 11 is 0. The number of nitrogens with zero attached hydrogens (tertiary/aromatic N) is 3. The number of rotatable bonds is 5. The van der Waals surface area contributed by atoms with E-state index >= 15 is 0 Å². The van der Waals surface area contributed by atoms with Crippen LogP contribution >= 0.6 is 0 Å². The van der Waals surface area contributed by atoms with Gasteiger partial charge in [0.25, 0.3) is 0 Å². The SMILES string of the molecule is O=C(O)CC(O)(CC(=O)O)C(=O)O.O=[N+]([O-])[O-].O=[N+]([O-])[O-].O=[N+]([O-])[O-].[Bi+3]. The third-order valence-electron chi connectivity index (χ3n) is 1.29. The Morgan fingerprint density at radius 1 is 0.692 bits per heavy atom. The van der Waals surface area contributed by atoms with Gasteiger partial charge in [0.15, 0.2) is 5.60 Å². The van der Waals surface area contributed by atoms with E-state index in [1.807, 2.05) is 0 Å². The van der Waals surface area contributed by atoms with Crippen LogP contribution in [0.5, 0.6) is 0 Å². The molecule has 0 aromatic heterocycles. The van der Waals surface area contributed by atoms with E-state index in [1.54, 1.807) is 0 Å². The van der Waals surface area contributed by atoms with E-state index in [4.69, 9.17) is 66.4 Å². The van der Waals surface area contributed by atoms with Crippen LogP contribution < -0.4 is 0 Å². The molecule has 0 aliphatic carbocycles. The summed E-state index contributed by atoms with van der Waals surface area (Å²) in [4.78, 5) is 55.2. The molecule has 0 rings (SSSR count). The van der Waals surface area contributed by atoms with E-state index in [0.29, 0.717) is 0 Å². The molecule has 0 aromatic rings. The Labute approximate surface area is 159 Å². The van der Waals surface area contributed by atoms with Gasteiger partial charge in [-0.3, -0.25) is 9.59 Å². The summed E-state index contributed by atoms with van der Waals surface area (Å²) < 4.78 is 0. The van der Waals surface area contributed by atoms with E-state index in [1.165, 1.54) is 0 Å². The molecular formula is C6H8BiN3O16. The van der Waals surface area contributed by atoms with Crippen molar-refractivity contribution in [2.75, 3.05) is 0 Å². The van der Waals surface area contributed by atoms with Gasteiger partial charge in [-0.1, -0.05) is 0 Å². The number of carboxylic acid groups (broad SMARTS) is 3. The first-order valence-electron chi connectivity index (χ1n) is 4.81. The van der Waals surface area contributed by atoms with Crippen LogP contribution in [0.4, 0.5) is 0 Å². The van der Waals surface area contributed by atoms with Gasteiger partial charge in [0.05, 0.1) is 28.1 Å². The Balaban J connectivity index is -0.0000000933. The van der Waals surface area contributed by atoms with Crippen LogP contribution in [0.2, 0.25) is 0 Å². The fourth-order valence-electron chi connectivity index (χ4n) is 0.714. The Morgan fingerprint density at radius 3 is 0.923 bits per heavy atom. The Morgan fingerprint density at radius 2 is 0.846 bits per heavy atom. The summed E-state index contributed by atoms with van der Waals surface area (Å²) in [5.74, 6) is -5.02. The quantitative estimate of drug-likeness (QED) is 0.149. The molecule has 4 N–H and O–H groups in total. The zero-order chi connectivity index (χ0) is 21.4. The van der Waals surface area contributed by atoms with Gasteiger partial charge < -0.3 is 66.4 Å². The van der Waals surface area contributed by atoms with E-state index in [0.717, 1.165) is 0 Å². The van der Waals surface area contributed by atoms with Crippen molar-refractivity contribution < 1.29 is 50.1 Å². The van der Waals surface area contributed by atoms with Crippen LogP contribution in [0.25, 0.3) is 0 Å². The minimum atomic E-state index is -2.74. The fraction of sp³-hybridized carbons (Fsp3) is 0.500. The first kappa shape index (κ1) is 34.2. The van der Waals surface area contributed by atoms with Gasteiger partial charge in [-0.2, -0.15) is 0 Å². The van der Waals surface area contributed by atoms with Crippen LogP contribution in [0.1, 0.15) is 12.8 Å². The maximum Gasteiger partial charge on any atom is 3.00 e. The molecule has 26 heavy (non-hydrogen) atoms. The minimum Gasteiger partial charge on any atom is -0.481 e. The molecule has 19 nitrogen and oxygen atoms in total. The molecule has 0 fully saturated rings. The van der Waals surface area contributed by atoms with Crippen molar-refractivity contribution >= 4 is 44.1 Å². The van der Waals surface area contributed by atoms with E-state index in [2.05, 4.69) is 0 Å². The Kier molecular flexibility index (Phi) is 24.0. The van der Waals surface area contributed by atoms with Crippen molar-refractivity contribution in [3.05, 3.63) is 46.0 Å². The number of hydrogen-bond donors (Lipinski definition) is 4. The summed E-state index contributed by atoms with van der Waals surface area (Å²) in [5.41, 5.74) is -2.74. The minimum absolute atomic E-state index is 0. The molecule has 0 aromatic carbocycles. The van der Waals surface area contributed by atoms with Crippen molar-refractivity contribution in [2.45, 2.75) is 18.4 Å². The van der Waals surface area contributed by atoms with Crippen LogP contribution in [0.3, 0.4) is 0 Å². The second kappa shape index (κ2) is 18.2. The summed E-state index contributed by atoms with van der Waals surface area (Å²) in [7, 11) is 0. The maximum absolute atomic E-state index is 10.3. The standard InChI is InChI=1S/C6H8O7.Bi.3NO3/c7-3(8)1-6(13,5(11)12)2-4(9)10;;3*2-1(3)4/h13H,1-2H2,(H,7,8)(H,9,10)(H,11,12);;;;/q;+3;3*-1. The molecule has 2 radical (unpaired) electrons. The molecule has 0 saturated carbocycles. The van der Waals surface area contributed by atoms with Crippen LogP contribution in [0, 0.1) is 46.0 Å². The van der Waals surface area contributed by atoms with Gasteiger partial charge in [0, 0.05) is 0 Å². The molecule has 0 atom stereocenters. The predicted octanol–water partition coefficient (Wildman–Crippen LogP) is -2.35. The molecule has 0 heterocycles. The van der Waals surface area contributed by atoms with Crippen molar-refractivity contribution in [2.24, 2.45) is 0 Å². The van der Waals surface area contributed by atoms with E-state index in [9.17, 15) is 14.4 Å². The normalized spacial score (nSPS) is 8.19. The van der Waals surface area contributed by atoms with Gasteiger partial charge in [-0.15, -0.1) is 0 Å². The summed E-state index contributed by atoms with van der Waals surface area (Å²) in [6.45, 7) is 0. The summed E-state index contributed by atoms with van der Waals surface area (Å²) in [6.07, 6.45) is -2.29. The van der Waals surface area contributed by atoms with Crippen LogP contribution in [0.15, 0.2) is 0 Å². The van der Waals surface area contributed by atoms with E-state index in [-0.39, 0.29) is 26.2 Å². The Hall–Kier alpha value is -3.15. The average molecular weight is 587 g/mol. The number of carboxylic acids is 3. The maximum atomic E-state index is 10.3. The fourth-order valence-corrected chi connectivity index (χ4v) is 0.714. The monoisotopic (exact) mass is 587 g/mol. The van der Waals surface area contributed by atoms with Crippen molar-refractivity contribution in [1.29, 1.82) is 0 Å².